The van der Waals surface area contributed by atoms with Crippen LogP contribution in [0.3, 0.4) is 0 Å². The molecule has 3 aromatic rings. The highest BCUT2D eigenvalue weighted by atomic mass is 19.4. The van der Waals surface area contributed by atoms with Gasteiger partial charge in [-0.15, -0.1) is 0 Å². The Bertz CT molecular complexity index is 1190. The maximum absolute atomic E-state index is 13.6. The Morgan fingerprint density at radius 1 is 1.03 bits per heavy atom. The zero-order chi connectivity index (χ0) is 22.8. The van der Waals surface area contributed by atoms with Crippen LogP contribution in [0.1, 0.15) is 23.0 Å². The van der Waals surface area contributed by atoms with Gasteiger partial charge in [0.25, 0.3) is 5.76 Å². The number of fused-ring (bicyclic) bond motifs is 1. The number of ether oxygens (including phenoxy) is 3. The van der Waals surface area contributed by atoms with Crippen molar-refractivity contribution in [3.05, 3.63) is 64.0 Å². The van der Waals surface area contributed by atoms with Crippen LogP contribution in [0.15, 0.2) is 51.7 Å². The molecule has 10 heteroatoms. The van der Waals surface area contributed by atoms with E-state index in [9.17, 15) is 27.6 Å². The van der Waals surface area contributed by atoms with Gasteiger partial charge in [-0.2, -0.15) is 13.2 Å². The van der Waals surface area contributed by atoms with Crippen molar-refractivity contribution in [2.24, 2.45) is 0 Å². The maximum atomic E-state index is 13.6. The number of esters is 1. The molecule has 1 heterocycles. The number of methoxy groups -OCH3 is 1. The minimum Gasteiger partial charge on any atom is -0.486 e. The molecule has 162 valence electrons. The Morgan fingerprint density at radius 3 is 2.26 bits per heavy atom. The molecule has 0 saturated heterocycles. The molecule has 0 aliphatic carbocycles. The second-order valence-corrected chi connectivity index (χ2v) is 6.35. The van der Waals surface area contributed by atoms with Gasteiger partial charge in [-0.3, -0.25) is 9.59 Å². The van der Waals surface area contributed by atoms with E-state index < -0.39 is 29.1 Å². The predicted octanol–water partition coefficient (Wildman–Crippen LogP) is 4.36. The Hall–Kier alpha value is -3.82. The van der Waals surface area contributed by atoms with Crippen LogP contribution in [0.5, 0.6) is 17.2 Å². The fourth-order valence-electron chi connectivity index (χ4n) is 2.61. The normalized spacial score (nSPS) is 11.3. The van der Waals surface area contributed by atoms with Crippen molar-refractivity contribution in [1.29, 1.82) is 0 Å². The van der Waals surface area contributed by atoms with Crippen LogP contribution in [0, 0.1) is 0 Å². The van der Waals surface area contributed by atoms with Crippen molar-refractivity contribution in [1.82, 2.24) is 0 Å². The lowest BCUT2D eigenvalue weighted by atomic mass is 10.2. The first kappa shape index (κ1) is 21.9. The minimum absolute atomic E-state index is 0.0611. The summed E-state index contributed by atoms with van der Waals surface area (Å²) in [5.41, 5.74) is -1.29. The zero-order valence-electron chi connectivity index (χ0n) is 16.2. The molecular weight excluding hydrogens is 421 g/mol. The van der Waals surface area contributed by atoms with Crippen LogP contribution >= 0.6 is 0 Å². The molecule has 1 aromatic heterocycles. The monoisotopic (exact) mass is 436 g/mol. The topological polar surface area (TPSA) is 92.0 Å². The molecule has 2 aromatic carbocycles. The van der Waals surface area contributed by atoms with Crippen LogP contribution in [-0.4, -0.2) is 25.5 Å². The molecule has 7 nitrogen and oxygen atoms in total. The Kier molecular flexibility index (Phi) is 6.00. The van der Waals surface area contributed by atoms with Gasteiger partial charge in [-0.05, 0) is 43.3 Å². The van der Waals surface area contributed by atoms with E-state index in [4.69, 9.17) is 13.9 Å². The zero-order valence-corrected chi connectivity index (χ0v) is 16.2. The van der Waals surface area contributed by atoms with Gasteiger partial charge in [0.15, 0.2) is 5.78 Å². The lowest BCUT2D eigenvalue weighted by Crippen LogP contribution is -2.15. The van der Waals surface area contributed by atoms with E-state index in [0.29, 0.717) is 0 Å². The van der Waals surface area contributed by atoms with E-state index in [0.717, 1.165) is 6.07 Å². The molecule has 31 heavy (non-hydrogen) atoms. The summed E-state index contributed by atoms with van der Waals surface area (Å²) < 4.78 is 60.6. The van der Waals surface area contributed by atoms with Gasteiger partial charge in [0.2, 0.25) is 11.2 Å². The predicted molar refractivity (Wildman–Crippen MR) is 102 cm³/mol. The number of hydrogen-bond acceptors (Lipinski definition) is 7. The molecule has 0 bridgehead atoms. The number of ketones is 1. The Labute approximate surface area is 172 Å². The molecule has 0 saturated carbocycles. The number of carbonyl (C=O) groups excluding carboxylic acids is 2. The van der Waals surface area contributed by atoms with Crippen LogP contribution in [0.4, 0.5) is 13.2 Å². The third kappa shape index (κ3) is 4.85. The van der Waals surface area contributed by atoms with Gasteiger partial charge in [0, 0.05) is 6.07 Å². The molecule has 0 N–H and O–H groups in total. The SMILES string of the molecule is COC(=O)c1ccc(Oc2c(C(F)(F)F)oc3cc(OCC(C)=O)ccc3c2=O)cc1. The Morgan fingerprint density at radius 2 is 1.68 bits per heavy atom. The van der Waals surface area contributed by atoms with Crippen molar-refractivity contribution >= 4 is 22.7 Å². The molecule has 3 rings (SSSR count). The van der Waals surface area contributed by atoms with Crippen LogP contribution in [-0.2, 0) is 15.7 Å². The largest absolute Gasteiger partial charge is 0.486 e. The molecule has 0 fully saturated rings. The van der Waals surface area contributed by atoms with E-state index >= 15 is 0 Å². The fraction of sp³-hybridized carbons (Fsp3) is 0.190. The highest BCUT2D eigenvalue weighted by Crippen LogP contribution is 2.38. The van der Waals surface area contributed by atoms with Gasteiger partial charge in [-0.25, -0.2) is 4.79 Å². The smallest absolute Gasteiger partial charge is 0.453 e. The summed E-state index contributed by atoms with van der Waals surface area (Å²) in [5.74, 6) is -3.68. The molecule has 0 unspecified atom stereocenters. The summed E-state index contributed by atoms with van der Waals surface area (Å²) in [6, 6.07) is 8.60. The van der Waals surface area contributed by atoms with E-state index in [2.05, 4.69) is 4.74 Å². The van der Waals surface area contributed by atoms with Gasteiger partial charge < -0.3 is 18.6 Å². The fourth-order valence-corrected chi connectivity index (χ4v) is 2.61. The molecule has 0 aliphatic heterocycles. The van der Waals surface area contributed by atoms with Crippen molar-refractivity contribution < 1.29 is 41.4 Å². The Balaban J connectivity index is 2.06. The third-order valence-electron chi connectivity index (χ3n) is 4.02. The molecule has 0 radical (unpaired) electrons. The summed E-state index contributed by atoms with van der Waals surface area (Å²) in [6.45, 7) is 0.995. The lowest BCUT2D eigenvalue weighted by Gasteiger charge is -2.14. The van der Waals surface area contributed by atoms with Crippen molar-refractivity contribution in [3.8, 4) is 17.2 Å². The maximum Gasteiger partial charge on any atom is 0.453 e. The molecule has 0 amide bonds. The number of alkyl halides is 3. The lowest BCUT2D eigenvalue weighted by molar-refractivity contribution is -0.154. The standard InChI is InChI=1S/C21H15F3O7/c1-11(25)10-29-14-7-8-15-16(9-14)31-19(21(22,23)24)18(17(15)26)30-13-5-3-12(4-6-13)20(27)28-2/h3-9H,10H2,1-2H3. The molecule has 0 aliphatic rings. The van der Waals surface area contributed by atoms with Gasteiger partial charge in [-0.1, -0.05) is 0 Å². The summed E-state index contributed by atoms with van der Waals surface area (Å²) in [7, 11) is 1.18. The quantitative estimate of drug-likeness (QED) is 0.530. The summed E-state index contributed by atoms with van der Waals surface area (Å²) in [6.07, 6.45) is -5.04. The van der Waals surface area contributed by atoms with Gasteiger partial charge >= 0.3 is 12.1 Å². The van der Waals surface area contributed by atoms with E-state index in [1.807, 2.05) is 0 Å². The van der Waals surface area contributed by atoms with E-state index in [1.165, 1.54) is 50.4 Å². The number of benzene rings is 2. The minimum atomic E-state index is -5.04. The second-order valence-electron chi connectivity index (χ2n) is 6.35. The molecule has 0 atom stereocenters. The average Bonchev–Trinajstić information content (AvgIpc) is 2.73. The molecular formula is C21H15F3O7. The third-order valence-corrected chi connectivity index (χ3v) is 4.02. The van der Waals surface area contributed by atoms with Crippen LogP contribution < -0.4 is 14.9 Å². The average molecular weight is 436 g/mol. The van der Waals surface area contributed by atoms with E-state index in [-0.39, 0.29) is 40.4 Å². The summed E-state index contributed by atoms with van der Waals surface area (Å²) in [5, 5.41) is -0.177. The van der Waals surface area contributed by atoms with E-state index in [1.54, 1.807) is 0 Å². The summed E-state index contributed by atoms with van der Waals surface area (Å²) in [4.78, 5) is 35.2. The number of carbonyl (C=O) groups is 2. The number of Topliss-reactive ketones (excluding diaryl/α,β-unsaturated/α-hetero) is 1. The number of rotatable bonds is 6. The van der Waals surface area contributed by atoms with Crippen molar-refractivity contribution in [2.75, 3.05) is 13.7 Å². The summed E-state index contributed by atoms with van der Waals surface area (Å²) >= 11 is 0. The van der Waals surface area contributed by atoms with Crippen LogP contribution in [0.25, 0.3) is 11.0 Å². The highest BCUT2D eigenvalue weighted by Gasteiger charge is 2.40. The second kappa shape index (κ2) is 8.50. The van der Waals surface area contributed by atoms with Gasteiger partial charge in [0.05, 0.1) is 18.1 Å². The van der Waals surface area contributed by atoms with Crippen molar-refractivity contribution in [2.45, 2.75) is 13.1 Å². The number of halogens is 3. The van der Waals surface area contributed by atoms with Crippen molar-refractivity contribution in [3.63, 3.8) is 0 Å². The first-order valence-electron chi connectivity index (χ1n) is 8.76. The number of hydrogen-bond donors (Lipinski definition) is 0. The highest BCUT2D eigenvalue weighted by molar-refractivity contribution is 5.89. The molecule has 0 spiro atoms. The van der Waals surface area contributed by atoms with Gasteiger partial charge in [0.1, 0.15) is 23.7 Å². The van der Waals surface area contributed by atoms with Crippen LogP contribution in [0.2, 0.25) is 0 Å². The first-order chi connectivity index (χ1) is 14.6. The first-order valence-corrected chi connectivity index (χ1v) is 8.76.